The van der Waals surface area contributed by atoms with E-state index in [4.69, 9.17) is 15.5 Å². The lowest BCUT2D eigenvalue weighted by Crippen LogP contribution is -2.20. The number of benzene rings is 3. The van der Waals surface area contributed by atoms with Crippen molar-refractivity contribution in [1.82, 2.24) is 4.98 Å². The Morgan fingerprint density at radius 1 is 0.882 bits per heavy atom. The second-order valence-corrected chi connectivity index (χ2v) is 9.05. The highest BCUT2D eigenvalue weighted by Crippen LogP contribution is 2.39. The number of nitrogens with zero attached hydrogens (tertiary/aromatic N) is 1. The van der Waals surface area contributed by atoms with E-state index in [1.54, 1.807) is 24.3 Å². The molecule has 0 saturated heterocycles. The molecule has 3 N–H and O–H groups in total. The lowest BCUT2D eigenvalue weighted by molar-refractivity contribution is -0.118. The van der Waals surface area contributed by atoms with Crippen molar-refractivity contribution in [2.24, 2.45) is 5.73 Å². The molecule has 0 radical (unpaired) electrons. The lowest BCUT2D eigenvalue weighted by Gasteiger charge is -2.06. The number of hydrogen-bond donors (Lipinski definition) is 2. The summed E-state index contributed by atoms with van der Waals surface area (Å²) in [5.41, 5.74) is 11.2. The zero-order valence-corrected chi connectivity index (χ0v) is 19.8. The molecule has 2 amide bonds. The van der Waals surface area contributed by atoms with E-state index in [1.165, 1.54) is 22.5 Å². The maximum atomic E-state index is 12.6. The average molecular weight is 472 g/mol. The summed E-state index contributed by atoms with van der Waals surface area (Å²) in [6.07, 6.45) is 0.164. The van der Waals surface area contributed by atoms with Crippen molar-refractivity contribution in [2.75, 3.05) is 11.9 Å². The third-order valence-electron chi connectivity index (χ3n) is 5.18. The minimum absolute atomic E-state index is 0.158. The van der Waals surface area contributed by atoms with Gasteiger partial charge in [-0.2, -0.15) is 0 Å². The van der Waals surface area contributed by atoms with Gasteiger partial charge in [0.2, 0.25) is 5.91 Å². The molecule has 0 spiro atoms. The highest BCUT2D eigenvalue weighted by Gasteiger charge is 2.17. The number of ether oxygens (including phenoxy) is 1. The summed E-state index contributed by atoms with van der Waals surface area (Å²) >= 11 is 1.43. The van der Waals surface area contributed by atoms with Crippen LogP contribution in [0.1, 0.15) is 16.7 Å². The first-order valence-electron chi connectivity index (χ1n) is 10.8. The van der Waals surface area contributed by atoms with Gasteiger partial charge in [0.05, 0.1) is 17.0 Å². The van der Waals surface area contributed by atoms with E-state index in [1.807, 2.05) is 26.0 Å². The number of thiazole rings is 1. The number of aromatic nitrogens is 1. The summed E-state index contributed by atoms with van der Waals surface area (Å²) in [7, 11) is 0. The molecule has 4 aromatic rings. The number of primary amides is 1. The van der Waals surface area contributed by atoms with E-state index in [-0.39, 0.29) is 18.9 Å². The Morgan fingerprint density at radius 3 is 2.06 bits per heavy atom. The fraction of sp³-hybridized carbons (Fsp3) is 0.148. The number of rotatable bonds is 8. The highest BCUT2D eigenvalue weighted by molar-refractivity contribution is 7.19. The van der Waals surface area contributed by atoms with Gasteiger partial charge in [0.15, 0.2) is 11.7 Å². The predicted octanol–water partition coefficient (Wildman–Crippen LogP) is 5.14. The molecule has 0 saturated carbocycles. The van der Waals surface area contributed by atoms with Crippen molar-refractivity contribution in [2.45, 2.75) is 20.3 Å². The largest absolute Gasteiger partial charge is 0.484 e. The van der Waals surface area contributed by atoms with Crippen molar-refractivity contribution in [3.05, 3.63) is 89.5 Å². The van der Waals surface area contributed by atoms with Gasteiger partial charge in [-0.15, -0.1) is 0 Å². The Balaban J connectivity index is 1.49. The van der Waals surface area contributed by atoms with Gasteiger partial charge in [-0.05, 0) is 37.1 Å². The molecule has 0 aliphatic carbocycles. The van der Waals surface area contributed by atoms with Crippen LogP contribution in [0.3, 0.4) is 0 Å². The number of carbonyl (C=O) groups excluding carboxylic acids is 2. The van der Waals surface area contributed by atoms with Crippen molar-refractivity contribution in [1.29, 1.82) is 0 Å². The van der Waals surface area contributed by atoms with Crippen LogP contribution in [-0.4, -0.2) is 23.4 Å². The Bertz CT molecular complexity index is 1230. The number of amides is 2. The molecular formula is C27H25N3O3S. The van der Waals surface area contributed by atoms with E-state index >= 15 is 0 Å². The molecule has 1 aromatic heterocycles. The van der Waals surface area contributed by atoms with Gasteiger partial charge in [-0.1, -0.05) is 83.1 Å². The molecular weight excluding hydrogens is 446 g/mol. The normalized spacial score (nSPS) is 10.6. The molecule has 34 heavy (non-hydrogen) atoms. The van der Waals surface area contributed by atoms with Crippen molar-refractivity contribution >= 4 is 28.3 Å². The quantitative estimate of drug-likeness (QED) is 0.372. The van der Waals surface area contributed by atoms with Crippen LogP contribution >= 0.6 is 11.3 Å². The first-order valence-corrected chi connectivity index (χ1v) is 11.6. The molecule has 0 atom stereocenters. The molecule has 0 fully saturated rings. The second kappa shape index (κ2) is 10.3. The molecule has 0 bridgehead atoms. The van der Waals surface area contributed by atoms with E-state index < -0.39 is 5.91 Å². The molecule has 7 heteroatoms. The summed E-state index contributed by atoms with van der Waals surface area (Å²) in [5, 5.41) is 3.37. The van der Waals surface area contributed by atoms with Gasteiger partial charge in [-0.3, -0.25) is 14.9 Å². The zero-order valence-electron chi connectivity index (χ0n) is 19.0. The van der Waals surface area contributed by atoms with Crippen molar-refractivity contribution in [3.63, 3.8) is 0 Å². The molecule has 172 valence electrons. The number of nitrogens with two attached hydrogens (primary N) is 1. The third kappa shape index (κ3) is 5.88. The summed E-state index contributed by atoms with van der Waals surface area (Å²) in [5.74, 6) is -0.171. The predicted molar refractivity (Wildman–Crippen MR) is 136 cm³/mol. The molecule has 0 aliphatic heterocycles. The molecule has 6 nitrogen and oxygen atoms in total. The van der Waals surface area contributed by atoms with Crippen molar-refractivity contribution < 1.29 is 14.3 Å². The fourth-order valence-electron chi connectivity index (χ4n) is 3.39. The standard InChI is InChI=1S/C27H25N3O3S/c1-17-3-9-20(10-4-17)25-26(21-11-5-18(2)6-12-21)34-27(30-25)29-24(32)16-33-22-13-7-19(8-14-22)15-23(28)31/h3-14H,15-16H2,1-2H3,(H2,28,31)(H,29,30,32). The molecule has 4 rings (SSSR count). The van der Waals surface area contributed by atoms with Crippen LogP contribution in [0.5, 0.6) is 5.75 Å². The number of anilines is 1. The van der Waals surface area contributed by atoms with E-state index in [2.05, 4.69) is 41.7 Å². The highest BCUT2D eigenvalue weighted by atomic mass is 32.1. The van der Waals surface area contributed by atoms with Gasteiger partial charge < -0.3 is 10.5 Å². The Morgan fingerprint density at radius 2 is 1.47 bits per heavy atom. The van der Waals surface area contributed by atoms with Crippen molar-refractivity contribution in [3.8, 4) is 27.4 Å². The minimum atomic E-state index is -0.397. The number of carbonyl (C=O) groups is 2. The molecule has 3 aromatic carbocycles. The first kappa shape index (κ1) is 23.2. The molecule has 0 unspecified atom stereocenters. The van der Waals surface area contributed by atoms with Gasteiger partial charge in [0, 0.05) is 5.56 Å². The van der Waals surface area contributed by atoms with Crippen LogP contribution < -0.4 is 15.8 Å². The first-order chi connectivity index (χ1) is 16.4. The summed E-state index contributed by atoms with van der Waals surface area (Å²) in [6.45, 7) is 3.94. The summed E-state index contributed by atoms with van der Waals surface area (Å²) in [4.78, 5) is 29.3. The van der Waals surface area contributed by atoms with Crippen LogP contribution in [0, 0.1) is 13.8 Å². The monoisotopic (exact) mass is 471 g/mol. The second-order valence-electron chi connectivity index (χ2n) is 8.05. The lowest BCUT2D eigenvalue weighted by atomic mass is 10.0. The van der Waals surface area contributed by atoms with Gasteiger partial charge in [-0.25, -0.2) is 4.98 Å². The van der Waals surface area contributed by atoms with Gasteiger partial charge in [0.1, 0.15) is 5.75 Å². The Labute approximate surface area is 202 Å². The van der Waals surface area contributed by atoms with Crippen LogP contribution in [0.15, 0.2) is 72.8 Å². The van der Waals surface area contributed by atoms with Gasteiger partial charge in [0.25, 0.3) is 5.91 Å². The maximum Gasteiger partial charge on any atom is 0.264 e. The molecule has 1 heterocycles. The zero-order chi connectivity index (χ0) is 24.1. The SMILES string of the molecule is Cc1ccc(-c2nc(NC(=O)COc3ccc(CC(N)=O)cc3)sc2-c2ccc(C)cc2)cc1. The Kier molecular flexibility index (Phi) is 7.04. The number of nitrogens with one attached hydrogen (secondary N) is 1. The summed E-state index contributed by atoms with van der Waals surface area (Å²) < 4.78 is 5.58. The van der Waals surface area contributed by atoms with E-state index in [0.29, 0.717) is 10.9 Å². The van der Waals surface area contributed by atoms with Crippen LogP contribution in [-0.2, 0) is 16.0 Å². The maximum absolute atomic E-state index is 12.6. The fourth-order valence-corrected chi connectivity index (χ4v) is 4.40. The third-order valence-corrected chi connectivity index (χ3v) is 6.20. The van der Waals surface area contributed by atoms with E-state index in [0.717, 1.165) is 27.3 Å². The average Bonchev–Trinajstić information content (AvgIpc) is 3.23. The number of aryl methyl sites for hydroxylation is 2. The Hall–Kier alpha value is -3.97. The van der Waals surface area contributed by atoms with Crippen LogP contribution in [0.2, 0.25) is 0 Å². The van der Waals surface area contributed by atoms with Gasteiger partial charge >= 0.3 is 0 Å². The van der Waals surface area contributed by atoms with Crippen LogP contribution in [0.4, 0.5) is 5.13 Å². The smallest absolute Gasteiger partial charge is 0.264 e. The number of hydrogen-bond acceptors (Lipinski definition) is 5. The van der Waals surface area contributed by atoms with E-state index in [9.17, 15) is 9.59 Å². The van der Waals surface area contributed by atoms with Crippen LogP contribution in [0.25, 0.3) is 21.7 Å². The summed E-state index contributed by atoms with van der Waals surface area (Å²) in [6, 6.07) is 23.4. The minimum Gasteiger partial charge on any atom is -0.484 e. The topological polar surface area (TPSA) is 94.3 Å². The molecule has 0 aliphatic rings.